The fourth-order valence-corrected chi connectivity index (χ4v) is 2.93. The maximum absolute atomic E-state index is 12.0. The molecule has 10 heteroatoms. The van der Waals surface area contributed by atoms with Crippen molar-refractivity contribution in [3.8, 4) is 5.75 Å². The Kier molecular flexibility index (Phi) is 4.22. The van der Waals surface area contributed by atoms with Gasteiger partial charge in [-0.05, 0) is 12.1 Å². The second-order valence-electron chi connectivity index (χ2n) is 4.52. The lowest BCUT2D eigenvalue weighted by molar-refractivity contribution is -0.113. The number of nitrogens with zero attached hydrogens (tertiary/aromatic N) is 3. The molecule has 1 amide bonds. The third kappa shape index (κ3) is 3.63. The molecule has 0 aliphatic carbocycles. The number of fused-ring (bicyclic) bond motifs is 1. The zero-order valence-electron chi connectivity index (χ0n) is 11.6. The van der Waals surface area contributed by atoms with Gasteiger partial charge in [0.2, 0.25) is 11.9 Å². The number of halogens is 1. The summed E-state index contributed by atoms with van der Waals surface area (Å²) >= 11 is 7.01. The minimum Gasteiger partial charge on any atom is -0.508 e. The Morgan fingerprint density at radius 3 is 3.00 bits per heavy atom. The topological polar surface area (TPSA) is 130 Å². The zero-order chi connectivity index (χ0) is 16.4. The Labute approximate surface area is 139 Å². The molecule has 118 valence electrons. The van der Waals surface area contributed by atoms with Crippen LogP contribution in [0.25, 0.3) is 11.2 Å². The Morgan fingerprint density at radius 1 is 1.39 bits per heavy atom. The summed E-state index contributed by atoms with van der Waals surface area (Å²) in [6.07, 6.45) is 1.48. The van der Waals surface area contributed by atoms with Crippen molar-refractivity contribution in [3.63, 3.8) is 0 Å². The monoisotopic (exact) mass is 350 g/mol. The molecule has 0 saturated heterocycles. The van der Waals surface area contributed by atoms with Gasteiger partial charge in [0.15, 0.2) is 5.65 Å². The lowest BCUT2D eigenvalue weighted by Crippen LogP contribution is -2.14. The summed E-state index contributed by atoms with van der Waals surface area (Å²) in [6.45, 7) is 0. The van der Waals surface area contributed by atoms with Crippen LogP contribution in [0.2, 0.25) is 5.02 Å². The van der Waals surface area contributed by atoms with Gasteiger partial charge in [0.25, 0.3) is 0 Å². The summed E-state index contributed by atoms with van der Waals surface area (Å²) in [4.78, 5) is 27.0. The summed E-state index contributed by atoms with van der Waals surface area (Å²) in [5.74, 6) is -0.116. The van der Waals surface area contributed by atoms with Crippen LogP contribution in [0.5, 0.6) is 5.75 Å². The second kappa shape index (κ2) is 6.31. The van der Waals surface area contributed by atoms with Crippen LogP contribution in [0.4, 0.5) is 11.6 Å². The Balaban J connectivity index is 1.69. The van der Waals surface area contributed by atoms with E-state index < -0.39 is 0 Å². The number of nitrogen functional groups attached to an aromatic ring is 1. The second-order valence-corrected chi connectivity index (χ2v) is 5.92. The molecule has 0 aliphatic rings. The molecular formula is C13H11ClN6O2S. The molecule has 5 N–H and O–H groups in total. The van der Waals surface area contributed by atoms with E-state index in [9.17, 15) is 9.90 Å². The number of aromatic hydroxyl groups is 1. The maximum Gasteiger partial charge on any atom is 0.234 e. The molecule has 3 aromatic rings. The normalized spacial score (nSPS) is 10.8. The van der Waals surface area contributed by atoms with E-state index in [-0.39, 0.29) is 23.4 Å². The van der Waals surface area contributed by atoms with Gasteiger partial charge in [0.1, 0.15) is 16.3 Å². The highest BCUT2D eigenvalue weighted by atomic mass is 35.5. The summed E-state index contributed by atoms with van der Waals surface area (Å²) in [5, 5.41) is 13.0. The summed E-state index contributed by atoms with van der Waals surface area (Å²) in [7, 11) is 0. The molecule has 0 saturated carbocycles. The Bertz CT molecular complexity index is 864. The van der Waals surface area contributed by atoms with Crippen LogP contribution in [0.15, 0.2) is 29.6 Å². The first-order chi connectivity index (χ1) is 11.0. The number of nitrogens with two attached hydrogens (primary N) is 1. The number of rotatable bonds is 4. The number of hydrogen-bond donors (Lipinski definition) is 4. The zero-order valence-corrected chi connectivity index (χ0v) is 13.1. The van der Waals surface area contributed by atoms with Gasteiger partial charge >= 0.3 is 0 Å². The maximum atomic E-state index is 12.0. The number of imidazole rings is 1. The van der Waals surface area contributed by atoms with Crippen molar-refractivity contribution < 1.29 is 9.90 Å². The number of benzene rings is 1. The number of carbonyl (C=O) groups is 1. The van der Waals surface area contributed by atoms with Crippen molar-refractivity contribution in [2.45, 2.75) is 5.03 Å². The van der Waals surface area contributed by atoms with Crippen LogP contribution in [0, 0.1) is 0 Å². The Hall–Kier alpha value is -2.52. The molecule has 1 aromatic carbocycles. The lowest BCUT2D eigenvalue weighted by atomic mass is 10.3. The van der Waals surface area contributed by atoms with E-state index in [4.69, 9.17) is 17.3 Å². The molecule has 23 heavy (non-hydrogen) atoms. The third-order valence-electron chi connectivity index (χ3n) is 2.78. The number of amides is 1. The molecule has 3 rings (SSSR count). The lowest BCUT2D eigenvalue weighted by Gasteiger charge is -2.06. The fourth-order valence-electron chi connectivity index (χ4n) is 1.90. The van der Waals surface area contributed by atoms with Crippen LogP contribution in [0.1, 0.15) is 0 Å². The van der Waals surface area contributed by atoms with Gasteiger partial charge in [-0.2, -0.15) is 4.98 Å². The number of nitrogens with one attached hydrogen (secondary N) is 2. The van der Waals surface area contributed by atoms with Gasteiger partial charge in [-0.15, -0.1) is 0 Å². The number of thioether (sulfide) groups is 1. The van der Waals surface area contributed by atoms with Gasteiger partial charge in [-0.1, -0.05) is 23.4 Å². The predicted octanol–water partition coefficient (Wildman–Crippen LogP) is 2.02. The largest absolute Gasteiger partial charge is 0.508 e. The molecule has 0 unspecified atom stereocenters. The number of anilines is 2. The highest BCUT2D eigenvalue weighted by molar-refractivity contribution is 8.00. The molecule has 0 aliphatic heterocycles. The molecule has 0 bridgehead atoms. The third-order valence-corrected chi connectivity index (χ3v) is 3.97. The molecule has 0 radical (unpaired) electrons. The van der Waals surface area contributed by atoms with E-state index in [1.807, 2.05) is 0 Å². The number of aromatic nitrogens is 4. The SMILES string of the molecule is Nc1nc(SCC(=O)Nc2cc(O)cc(Cl)c2)c2[nH]cnc2n1. The minimum absolute atomic E-state index is 0.0248. The van der Waals surface area contributed by atoms with Crippen LogP contribution in [-0.4, -0.2) is 36.7 Å². The van der Waals surface area contributed by atoms with Crippen LogP contribution in [0.3, 0.4) is 0 Å². The van der Waals surface area contributed by atoms with Gasteiger partial charge in [0, 0.05) is 16.8 Å². The number of H-pyrrole nitrogens is 1. The quantitative estimate of drug-likeness (QED) is 0.418. The van der Waals surface area contributed by atoms with E-state index in [2.05, 4.69) is 25.3 Å². The van der Waals surface area contributed by atoms with Crippen LogP contribution in [-0.2, 0) is 4.79 Å². The van der Waals surface area contributed by atoms with E-state index in [0.29, 0.717) is 26.9 Å². The summed E-state index contributed by atoms with van der Waals surface area (Å²) in [6, 6.07) is 4.33. The number of phenols is 1. The van der Waals surface area contributed by atoms with Gasteiger partial charge < -0.3 is 21.1 Å². The fraction of sp³-hybridized carbons (Fsp3) is 0.0769. The molecule has 8 nitrogen and oxygen atoms in total. The predicted molar refractivity (Wildman–Crippen MR) is 88.6 cm³/mol. The van der Waals surface area contributed by atoms with E-state index >= 15 is 0 Å². The first-order valence-corrected chi connectivity index (χ1v) is 7.76. The average molecular weight is 351 g/mol. The van der Waals surface area contributed by atoms with Crippen molar-refractivity contribution in [1.82, 2.24) is 19.9 Å². The Morgan fingerprint density at radius 2 is 2.22 bits per heavy atom. The van der Waals surface area contributed by atoms with Crippen LogP contribution >= 0.6 is 23.4 Å². The highest BCUT2D eigenvalue weighted by Gasteiger charge is 2.12. The molecule has 0 atom stereocenters. The van der Waals surface area contributed by atoms with Crippen molar-refractivity contribution in [3.05, 3.63) is 29.5 Å². The number of aromatic amines is 1. The number of phenolic OH excluding ortho intramolecular Hbond substituents is 1. The smallest absolute Gasteiger partial charge is 0.234 e. The molecular weight excluding hydrogens is 340 g/mol. The molecule has 2 heterocycles. The van der Waals surface area contributed by atoms with E-state index in [0.717, 1.165) is 0 Å². The molecule has 0 fully saturated rings. The van der Waals surface area contributed by atoms with E-state index in [1.165, 1.54) is 30.2 Å². The van der Waals surface area contributed by atoms with Gasteiger partial charge in [0.05, 0.1) is 12.1 Å². The van der Waals surface area contributed by atoms with Crippen molar-refractivity contribution in [2.24, 2.45) is 0 Å². The standard InChI is InChI=1S/C13H11ClN6O2S/c14-6-1-7(3-8(21)2-6)18-9(22)4-23-12-10-11(17-5-16-10)19-13(15)20-12/h1-3,5,21H,4H2,(H,18,22)(H3,15,16,17,19,20). The van der Waals surface area contributed by atoms with Crippen molar-refractivity contribution in [2.75, 3.05) is 16.8 Å². The van der Waals surface area contributed by atoms with Crippen molar-refractivity contribution >= 4 is 52.1 Å². The van der Waals surface area contributed by atoms with E-state index in [1.54, 1.807) is 6.07 Å². The van der Waals surface area contributed by atoms with Gasteiger partial charge in [-0.3, -0.25) is 4.79 Å². The van der Waals surface area contributed by atoms with Gasteiger partial charge in [-0.25, -0.2) is 9.97 Å². The number of carbonyl (C=O) groups excluding carboxylic acids is 1. The van der Waals surface area contributed by atoms with Crippen molar-refractivity contribution in [1.29, 1.82) is 0 Å². The summed E-state index contributed by atoms with van der Waals surface area (Å²) < 4.78 is 0. The molecule has 0 spiro atoms. The average Bonchev–Trinajstić information content (AvgIpc) is 2.91. The summed E-state index contributed by atoms with van der Waals surface area (Å²) in [5.41, 5.74) is 7.09. The first kappa shape index (κ1) is 15.4. The van der Waals surface area contributed by atoms with Crippen LogP contribution < -0.4 is 11.1 Å². The minimum atomic E-state index is -0.276. The number of hydrogen-bond acceptors (Lipinski definition) is 7. The highest BCUT2D eigenvalue weighted by Crippen LogP contribution is 2.25. The molecule has 2 aromatic heterocycles. The first-order valence-electron chi connectivity index (χ1n) is 6.40.